The van der Waals surface area contributed by atoms with Crippen LogP contribution in [0.25, 0.3) is 0 Å². The number of fused-ring (bicyclic) bond motifs is 2. The summed E-state index contributed by atoms with van der Waals surface area (Å²) in [5, 5.41) is 3.43. The van der Waals surface area contributed by atoms with E-state index in [1.54, 1.807) is 7.11 Å². The summed E-state index contributed by atoms with van der Waals surface area (Å²) in [6.45, 7) is 8.58. The molecule has 2 aliphatic heterocycles. The zero-order valence-electron chi connectivity index (χ0n) is 19.2. The monoisotopic (exact) mass is 429 g/mol. The summed E-state index contributed by atoms with van der Waals surface area (Å²) in [6, 6.07) is 4.34. The van der Waals surface area contributed by atoms with E-state index >= 15 is 0 Å². The third-order valence-electron chi connectivity index (χ3n) is 8.52. The van der Waals surface area contributed by atoms with Crippen LogP contribution in [0.2, 0.25) is 0 Å². The fraction of sp³-hybridized carbons (Fsp3) is 0.720. The second-order valence-corrected chi connectivity index (χ2v) is 10.3. The molecule has 0 unspecified atom stereocenters. The molecule has 2 bridgehead atoms. The van der Waals surface area contributed by atoms with Gasteiger partial charge in [-0.2, -0.15) is 0 Å². The van der Waals surface area contributed by atoms with Gasteiger partial charge in [-0.25, -0.2) is 0 Å². The molecule has 1 N–H and O–H groups in total. The van der Waals surface area contributed by atoms with E-state index in [0.29, 0.717) is 49.6 Å². The fourth-order valence-corrected chi connectivity index (χ4v) is 6.96. The summed E-state index contributed by atoms with van der Waals surface area (Å²) in [7, 11) is 1.67. The molecule has 170 valence electrons. The van der Waals surface area contributed by atoms with Crippen molar-refractivity contribution in [2.75, 3.05) is 26.9 Å². The Hall–Kier alpha value is -1.95. The highest BCUT2D eigenvalue weighted by molar-refractivity contribution is 5.76. The molecule has 1 saturated heterocycles. The van der Waals surface area contributed by atoms with Crippen LogP contribution in [0.5, 0.6) is 17.2 Å². The lowest BCUT2D eigenvalue weighted by Gasteiger charge is -2.53. The number of amides is 1. The predicted molar refractivity (Wildman–Crippen MR) is 117 cm³/mol. The van der Waals surface area contributed by atoms with Crippen LogP contribution < -0.4 is 19.5 Å². The maximum Gasteiger partial charge on any atom is 0.219 e. The van der Waals surface area contributed by atoms with Gasteiger partial charge in [0.15, 0.2) is 11.5 Å². The van der Waals surface area contributed by atoms with Gasteiger partial charge in [-0.05, 0) is 59.6 Å². The van der Waals surface area contributed by atoms with Crippen LogP contribution in [0, 0.1) is 22.7 Å². The lowest BCUT2D eigenvalue weighted by molar-refractivity contribution is -0.137. The molecule has 5 rings (SSSR count). The van der Waals surface area contributed by atoms with E-state index in [9.17, 15) is 4.79 Å². The first-order chi connectivity index (χ1) is 14.9. The lowest BCUT2D eigenvalue weighted by Crippen LogP contribution is -2.58. The van der Waals surface area contributed by atoms with Crippen molar-refractivity contribution in [3.8, 4) is 17.2 Å². The van der Waals surface area contributed by atoms with Gasteiger partial charge in [0.2, 0.25) is 11.7 Å². The van der Waals surface area contributed by atoms with E-state index in [-0.39, 0.29) is 28.9 Å². The average Bonchev–Trinajstić information content (AvgIpc) is 3.13. The molecule has 0 radical (unpaired) electrons. The molecule has 6 heteroatoms. The number of hydrogen-bond donors (Lipinski definition) is 1. The molecular weight excluding hydrogens is 394 g/mol. The van der Waals surface area contributed by atoms with Gasteiger partial charge >= 0.3 is 0 Å². The van der Waals surface area contributed by atoms with Crippen LogP contribution >= 0.6 is 0 Å². The minimum absolute atomic E-state index is 0.0260. The normalized spacial score (nSPS) is 35.2. The molecule has 1 aromatic rings. The first-order valence-electron chi connectivity index (χ1n) is 11.8. The first kappa shape index (κ1) is 20.9. The highest BCUT2D eigenvalue weighted by atomic mass is 16.5. The van der Waals surface area contributed by atoms with Crippen LogP contribution in [-0.2, 0) is 9.53 Å². The molecular formula is C25H35NO5. The van der Waals surface area contributed by atoms with Crippen molar-refractivity contribution in [2.45, 2.75) is 65.0 Å². The van der Waals surface area contributed by atoms with Gasteiger partial charge in [0.05, 0.1) is 26.4 Å². The quantitative estimate of drug-likeness (QED) is 0.775. The number of methoxy groups -OCH3 is 1. The second-order valence-electron chi connectivity index (χ2n) is 10.3. The Morgan fingerprint density at radius 2 is 2.03 bits per heavy atom. The molecule has 1 aromatic carbocycles. The summed E-state index contributed by atoms with van der Waals surface area (Å²) in [5.74, 6) is 3.25. The molecule has 6 nitrogen and oxygen atoms in total. The molecule has 1 spiro atoms. The second kappa shape index (κ2) is 7.58. The summed E-state index contributed by atoms with van der Waals surface area (Å²) in [4.78, 5) is 12.4. The molecule has 2 heterocycles. The number of ether oxygens (including phenoxy) is 4. The summed E-state index contributed by atoms with van der Waals surface area (Å²) in [6.07, 6.45) is 4.66. The smallest absolute Gasteiger partial charge is 0.219 e. The number of carbonyl (C=O) groups is 1. The van der Waals surface area contributed by atoms with Gasteiger partial charge in [-0.15, -0.1) is 0 Å². The molecule has 4 aliphatic rings. The van der Waals surface area contributed by atoms with Gasteiger partial charge in [-0.3, -0.25) is 4.79 Å². The molecule has 0 aromatic heterocycles. The van der Waals surface area contributed by atoms with Gasteiger partial charge in [0.25, 0.3) is 0 Å². The van der Waals surface area contributed by atoms with Crippen LogP contribution in [0.4, 0.5) is 0 Å². The predicted octanol–water partition coefficient (Wildman–Crippen LogP) is 4.27. The Labute approximate surface area is 185 Å². The van der Waals surface area contributed by atoms with E-state index < -0.39 is 0 Å². The highest BCUT2D eigenvalue weighted by Crippen LogP contribution is 2.70. The highest BCUT2D eigenvalue weighted by Gasteiger charge is 2.68. The number of rotatable bonds is 4. The fourth-order valence-electron chi connectivity index (χ4n) is 6.96. The van der Waals surface area contributed by atoms with Crippen molar-refractivity contribution < 1.29 is 23.7 Å². The molecule has 31 heavy (non-hydrogen) atoms. The Morgan fingerprint density at radius 1 is 1.23 bits per heavy atom. The van der Waals surface area contributed by atoms with E-state index in [0.717, 1.165) is 30.6 Å². The van der Waals surface area contributed by atoms with Crippen molar-refractivity contribution in [1.82, 2.24) is 5.32 Å². The molecule has 1 amide bonds. The summed E-state index contributed by atoms with van der Waals surface area (Å²) >= 11 is 0. The molecule has 3 fully saturated rings. The van der Waals surface area contributed by atoms with Crippen molar-refractivity contribution >= 4 is 5.91 Å². The SMILES string of the molecule is CCC(=O)N[C@H]1C(C)(C)[C@@H]2C[C@@H]3[C@@H](c4cc(OC)c5c(c4)OCCCO5)OCC[C@@]31C2. The maximum absolute atomic E-state index is 12.4. The van der Waals surface area contributed by atoms with Crippen molar-refractivity contribution in [3.05, 3.63) is 17.7 Å². The standard InChI is InChI=1S/C25H35NO5/c1-5-20(27)26-23-24(2,3)16-13-17-21(31-10-7-25(17,23)14-16)15-11-18(28-4)22-19(12-15)29-8-6-9-30-22/h11-12,16-17,21,23H,5-10,13-14H2,1-4H3,(H,26,27)/t16-,17-,21-,23+,25-/m1/s1. The van der Waals surface area contributed by atoms with Gasteiger partial charge in [-0.1, -0.05) is 20.8 Å². The van der Waals surface area contributed by atoms with Crippen molar-refractivity contribution in [1.29, 1.82) is 0 Å². The minimum atomic E-state index is -0.0260. The van der Waals surface area contributed by atoms with Gasteiger partial charge < -0.3 is 24.3 Å². The third kappa shape index (κ3) is 3.12. The van der Waals surface area contributed by atoms with Crippen LogP contribution in [0.15, 0.2) is 12.1 Å². The zero-order chi connectivity index (χ0) is 21.8. The molecule has 5 atom stereocenters. The Kier molecular flexibility index (Phi) is 5.11. The van der Waals surface area contributed by atoms with Gasteiger partial charge in [0, 0.05) is 25.5 Å². The Morgan fingerprint density at radius 3 is 2.81 bits per heavy atom. The van der Waals surface area contributed by atoms with Crippen molar-refractivity contribution in [2.24, 2.45) is 22.7 Å². The number of nitrogens with one attached hydrogen (secondary N) is 1. The third-order valence-corrected chi connectivity index (χ3v) is 8.52. The topological polar surface area (TPSA) is 66.0 Å². The van der Waals surface area contributed by atoms with Crippen molar-refractivity contribution in [3.63, 3.8) is 0 Å². The average molecular weight is 430 g/mol. The van der Waals surface area contributed by atoms with Crippen LogP contribution in [0.3, 0.4) is 0 Å². The summed E-state index contributed by atoms with van der Waals surface area (Å²) in [5.41, 5.74) is 1.28. The van der Waals surface area contributed by atoms with Crippen LogP contribution in [0.1, 0.15) is 64.5 Å². The van der Waals surface area contributed by atoms with E-state index in [1.807, 2.05) is 6.92 Å². The van der Waals surface area contributed by atoms with E-state index in [4.69, 9.17) is 18.9 Å². The summed E-state index contributed by atoms with van der Waals surface area (Å²) < 4.78 is 24.0. The Balaban J connectivity index is 1.52. The minimum Gasteiger partial charge on any atom is -0.493 e. The van der Waals surface area contributed by atoms with E-state index in [2.05, 4.69) is 31.3 Å². The molecule has 2 saturated carbocycles. The number of carbonyl (C=O) groups excluding carboxylic acids is 1. The number of benzene rings is 1. The molecule has 2 aliphatic carbocycles. The number of hydrogen-bond acceptors (Lipinski definition) is 5. The zero-order valence-corrected chi connectivity index (χ0v) is 19.2. The van der Waals surface area contributed by atoms with Gasteiger partial charge in [0.1, 0.15) is 0 Å². The first-order valence-corrected chi connectivity index (χ1v) is 11.8. The van der Waals surface area contributed by atoms with E-state index in [1.165, 1.54) is 6.42 Å². The largest absolute Gasteiger partial charge is 0.493 e. The lowest BCUT2D eigenvalue weighted by atomic mass is 9.59. The Bertz CT molecular complexity index is 868. The maximum atomic E-state index is 12.4. The van der Waals surface area contributed by atoms with Crippen LogP contribution in [-0.4, -0.2) is 38.9 Å².